The number of benzene rings is 2. The lowest BCUT2D eigenvalue weighted by molar-refractivity contribution is 0.0928. The molecule has 1 aliphatic rings. The Balaban J connectivity index is 1.51. The van der Waals surface area contributed by atoms with Crippen LogP contribution in [0.1, 0.15) is 35.1 Å². The van der Waals surface area contributed by atoms with Gasteiger partial charge in [-0.25, -0.2) is 4.98 Å². The van der Waals surface area contributed by atoms with Gasteiger partial charge in [0.15, 0.2) is 0 Å². The van der Waals surface area contributed by atoms with E-state index in [1.807, 2.05) is 49.5 Å². The monoisotopic (exact) mass is 348 g/mol. The zero-order valence-corrected chi connectivity index (χ0v) is 14.5. The molecule has 1 aromatic heterocycles. The summed E-state index contributed by atoms with van der Waals surface area (Å²) in [6.45, 7) is 0. The highest BCUT2D eigenvalue weighted by Crippen LogP contribution is 2.40. The standard InChI is InChI=1S/C20H20N4O2/c1-24-19(21-13-22-24)18(14-10-11-14)23-20(25)15-6-5-9-17(12-15)26-16-7-3-2-4-8-16/h2-9,12-14,18H,10-11H2,1H3,(H,23,25)/t18-/m0/s1. The minimum absolute atomic E-state index is 0.117. The average molecular weight is 348 g/mol. The molecule has 6 heteroatoms. The second kappa shape index (κ2) is 7.00. The van der Waals surface area contributed by atoms with Crippen molar-refractivity contribution in [2.45, 2.75) is 18.9 Å². The Morgan fingerprint density at radius 1 is 1.15 bits per heavy atom. The molecule has 3 aromatic rings. The van der Waals surface area contributed by atoms with E-state index in [1.165, 1.54) is 6.33 Å². The van der Waals surface area contributed by atoms with Gasteiger partial charge in [0.2, 0.25) is 0 Å². The Labute approximate surface area is 151 Å². The Morgan fingerprint density at radius 3 is 2.62 bits per heavy atom. The molecule has 1 N–H and O–H groups in total. The highest BCUT2D eigenvalue weighted by Gasteiger charge is 2.36. The first-order valence-corrected chi connectivity index (χ1v) is 8.68. The summed E-state index contributed by atoms with van der Waals surface area (Å²) in [6, 6.07) is 16.6. The zero-order chi connectivity index (χ0) is 17.9. The number of nitrogens with one attached hydrogen (secondary N) is 1. The van der Waals surface area contributed by atoms with Crippen molar-refractivity contribution in [3.63, 3.8) is 0 Å². The number of amides is 1. The van der Waals surface area contributed by atoms with Crippen LogP contribution in [-0.2, 0) is 7.05 Å². The molecule has 0 spiro atoms. The van der Waals surface area contributed by atoms with Crippen LogP contribution in [0.2, 0.25) is 0 Å². The summed E-state index contributed by atoms with van der Waals surface area (Å²) in [5, 5.41) is 7.23. The Morgan fingerprint density at radius 2 is 1.92 bits per heavy atom. The number of ether oxygens (including phenoxy) is 1. The van der Waals surface area contributed by atoms with Gasteiger partial charge < -0.3 is 10.1 Å². The van der Waals surface area contributed by atoms with Crippen LogP contribution in [0.3, 0.4) is 0 Å². The van der Waals surface area contributed by atoms with Crippen molar-refractivity contribution in [3.05, 3.63) is 72.3 Å². The number of aryl methyl sites for hydroxylation is 1. The lowest BCUT2D eigenvalue weighted by Gasteiger charge is -2.17. The van der Waals surface area contributed by atoms with E-state index in [0.717, 1.165) is 24.4 Å². The topological polar surface area (TPSA) is 69.0 Å². The van der Waals surface area contributed by atoms with Crippen molar-refractivity contribution >= 4 is 5.91 Å². The predicted molar refractivity (Wildman–Crippen MR) is 96.9 cm³/mol. The molecule has 0 saturated heterocycles. The van der Waals surface area contributed by atoms with Crippen LogP contribution in [0.25, 0.3) is 0 Å². The molecule has 1 atom stereocenters. The first kappa shape index (κ1) is 16.3. The summed E-state index contributed by atoms with van der Waals surface area (Å²) in [5.74, 6) is 2.44. The Kier molecular flexibility index (Phi) is 4.39. The number of hydrogen-bond donors (Lipinski definition) is 1. The SMILES string of the molecule is Cn1ncnc1[C@@H](NC(=O)c1cccc(Oc2ccccc2)c1)C1CC1. The third-order valence-electron chi connectivity index (χ3n) is 4.48. The quantitative estimate of drug-likeness (QED) is 0.740. The van der Waals surface area contributed by atoms with Gasteiger partial charge in [0, 0.05) is 12.6 Å². The van der Waals surface area contributed by atoms with Crippen molar-refractivity contribution < 1.29 is 9.53 Å². The van der Waals surface area contributed by atoms with Crippen molar-refractivity contribution in [1.29, 1.82) is 0 Å². The van der Waals surface area contributed by atoms with Gasteiger partial charge in [-0.1, -0.05) is 24.3 Å². The van der Waals surface area contributed by atoms with Crippen LogP contribution in [0.15, 0.2) is 60.9 Å². The molecule has 1 saturated carbocycles. The van der Waals surface area contributed by atoms with Gasteiger partial charge in [0.1, 0.15) is 23.7 Å². The molecule has 0 radical (unpaired) electrons. The highest BCUT2D eigenvalue weighted by molar-refractivity contribution is 5.94. The number of rotatable bonds is 6. The summed E-state index contributed by atoms with van der Waals surface area (Å²) in [4.78, 5) is 17.1. The van der Waals surface area contributed by atoms with Crippen LogP contribution >= 0.6 is 0 Å². The summed E-state index contributed by atoms with van der Waals surface area (Å²) < 4.78 is 7.54. The normalized spacial score (nSPS) is 14.7. The Bertz CT molecular complexity index is 903. The predicted octanol–water partition coefficient (Wildman–Crippen LogP) is 3.49. The first-order chi connectivity index (χ1) is 12.7. The second-order valence-electron chi connectivity index (χ2n) is 6.47. The molecule has 1 aliphatic carbocycles. The number of para-hydroxylation sites is 1. The fourth-order valence-electron chi connectivity index (χ4n) is 2.96. The third-order valence-corrected chi connectivity index (χ3v) is 4.48. The lowest BCUT2D eigenvalue weighted by atomic mass is 10.1. The van der Waals surface area contributed by atoms with E-state index in [4.69, 9.17) is 4.74 Å². The van der Waals surface area contributed by atoms with E-state index in [-0.39, 0.29) is 11.9 Å². The first-order valence-electron chi connectivity index (χ1n) is 8.68. The van der Waals surface area contributed by atoms with Crippen LogP contribution in [-0.4, -0.2) is 20.7 Å². The van der Waals surface area contributed by atoms with E-state index >= 15 is 0 Å². The molecule has 0 aliphatic heterocycles. The van der Waals surface area contributed by atoms with Crippen LogP contribution in [0, 0.1) is 5.92 Å². The van der Waals surface area contributed by atoms with Crippen molar-refractivity contribution in [1.82, 2.24) is 20.1 Å². The molecule has 26 heavy (non-hydrogen) atoms. The molecule has 1 fully saturated rings. The maximum Gasteiger partial charge on any atom is 0.252 e. The molecule has 0 unspecified atom stereocenters. The van der Waals surface area contributed by atoms with E-state index in [0.29, 0.717) is 17.2 Å². The molecule has 132 valence electrons. The van der Waals surface area contributed by atoms with Crippen LogP contribution in [0.5, 0.6) is 11.5 Å². The maximum atomic E-state index is 12.8. The van der Waals surface area contributed by atoms with Gasteiger partial charge in [0.25, 0.3) is 5.91 Å². The molecule has 1 heterocycles. The average Bonchev–Trinajstić information content (AvgIpc) is 3.42. The Hall–Kier alpha value is -3.15. The van der Waals surface area contributed by atoms with Gasteiger partial charge in [-0.15, -0.1) is 0 Å². The number of hydrogen-bond acceptors (Lipinski definition) is 4. The zero-order valence-electron chi connectivity index (χ0n) is 14.5. The number of nitrogens with zero attached hydrogens (tertiary/aromatic N) is 3. The fourth-order valence-corrected chi connectivity index (χ4v) is 2.96. The van der Waals surface area contributed by atoms with Gasteiger partial charge >= 0.3 is 0 Å². The van der Waals surface area contributed by atoms with Gasteiger partial charge in [-0.2, -0.15) is 5.10 Å². The lowest BCUT2D eigenvalue weighted by Crippen LogP contribution is -2.31. The van der Waals surface area contributed by atoms with E-state index in [2.05, 4.69) is 15.4 Å². The summed E-state index contributed by atoms with van der Waals surface area (Å²) in [6.07, 6.45) is 3.70. The van der Waals surface area contributed by atoms with Crippen molar-refractivity contribution in [3.8, 4) is 11.5 Å². The highest BCUT2D eigenvalue weighted by atomic mass is 16.5. The van der Waals surface area contributed by atoms with E-state index in [9.17, 15) is 4.79 Å². The van der Waals surface area contributed by atoms with Gasteiger partial charge in [-0.05, 0) is 49.1 Å². The number of aromatic nitrogens is 3. The summed E-state index contributed by atoms with van der Waals surface area (Å²) in [5.41, 5.74) is 0.561. The minimum Gasteiger partial charge on any atom is -0.457 e. The molecular weight excluding hydrogens is 328 g/mol. The molecular formula is C20H20N4O2. The number of carbonyl (C=O) groups is 1. The molecule has 4 rings (SSSR count). The summed E-state index contributed by atoms with van der Waals surface area (Å²) in [7, 11) is 1.85. The van der Waals surface area contributed by atoms with Crippen LogP contribution in [0.4, 0.5) is 0 Å². The van der Waals surface area contributed by atoms with Gasteiger partial charge in [0.05, 0.1) is 6.04 Å². The largest absolute Gasteiger partial charge is 0.457 e. The molecule has 2 aromatic carbocycles. The fraction of sp³-hybridized carbons (Fsp3) is 0.250. The number of carbonyl (C=O) groups excluding carboxylic acids is 1. The third kappa shape index (κ3) is 3.59. The van der Waals surface area contributed by atoms with Crippen LogP contribution < -0.4 is 10.1 Å². The van der Waals surface area contributed by atoms with E-state index in [1.54, 1.807) is 16.8 Å². The molecule has 0 bridgehead atoms. The second-order valence-corrected chi connectivity index (χ2v) is 6.47. The van der Waals surface area contributed by atoms with Gasteiger partial charge in [-0.3, -0.25) is 9.48 Å². The smallest absolute Gasteiger partial charge is 0.252 e. The minimum atomic E-state index is -0.136. The van der Waals surface area contributed by atoms with Crippen molar-refractivity contribution in [2.75, 3.05) is 0 Å². The van der Waals surface area contributed by atoms with Crippen molar-refractivity contribution in [2.24, 2.45) is 13.0 Å². The van der Waals surface area contributed by atoms with E-state index < -0.39 is 0 Å². The molecule has 6 nitrogen and oxygen atoms in total. The maximum absolute atomic E-state index is 12.8. The summed E-state index contributed by atoms with van der Waals surface area (Å²) >= 11 is 0. The molecule has 1 amide bonds.